The molecule has 0 aliphatic carbocycles. The van der Waals surface area contributed by atoms with Crippen LogP contribution in [0.1, 0.15) is 252 Å². The molecule has 0 spiro atoms. The average molecular weight is 840 g/mol. The number of phenols is 3. The van der Waals surface area contributed by atoms with Gasteiger partial charge in [0.15, 0.2) is 0 Å². The van der Waals surface area contributed by atoms with Crippen molar-refractivity contribution in [3.63, 3.8) is 0 Å². The average Bonchev–Trinajstić information content (AvgIpc) is 3.10. The van der Waals surface area contributed by atoms with Gasteiger partial charge >= 0.3 is 0 Å². The molecule has 4 heteroatoms. The zero-order chi connectivity index (χ0) is 46.8. The molecule has 3 aromatic rings. The van der Waals surface area contributed by atoms with Gasteiger partial charge in [-0.2, -0.15) is 0 Å². The number of benzene rings is 3. The van der Waals surface area contributed by atoms with Gasteiger partial charge in [-0.3, -0.25) is 0 Å². The van der Waals surface area contributed by atoms with E-state index in [-0.39, 0.29) is 32.5 Å². The Bertz CT molecular complexity index is 1580. The zero-order valence-corrected chi connectivity index (χ0v) is 43.3. The van der Waals surface area contributed by atoms with Crippen molar-refractivity contribution in [1.82, 2.24) is 4.90 Å². The molecule has 0 fully saturated rings. The van der Waals surface area contributed by atoms with E-state index in [9.17, 15) is 15.3 Å². The summed E-state index contributed by atoms with van der Waals surface area (Å²) in [5.74, 6) is 2.47. The SMILES string of the molecule is CCC(CCN(CCC(CC)c1cc(C(C)(C)C)c(O)c(C(C)(C)C)c1)CCC(CC)c1cc(C(C)(C)C)c(O)c(C(C)(C)C)c1)c1cc(C(C)(C)C)c(O)c(C(C)(C)C)c1. The summed E-state index contributed by atoms with van der Waals surface area (Å²) < 4.78 is 0. The van der Waals surface area contributed by atoms with Crippen LogP contribution in [-0.4, -0.2) is 39.9 Å². The van der Waals surface area contributed by atoms with Gasteiger partial charge < -0.3 is 20.2 Å². The Morgan fingerprint density at radius 1 is 0.344 bits per heavy atom. The van der Waals surface area contributed by atoms with Crippen molar-refractivity contribution >= 4 is 0 Å². The summed E-state index contributed by atoms with van der Waals surface area (Å²) in [5, 5.41) is 34.7. The van der Waals surface area contributed by atoms with E-state index >= 15 is 0 Å². The van der Waals surface area contributed by atoms with Crippen LogP contribution in [0.25, 0.3) is 0 Å². The lowest BCUT2D eigenvalue weighted by Crippen LogP contribution is -2.30. The summed E-state index contributed by atoms with van der Waals surface area (Å²) in [6.07, 6.45) is 6.26. The lowest BCUT2D eigenvalue weighted by Gasteiger charge is -2.32. The highest BCUT2D eigenvalue weighted by atomic mass is 16.3. The molecule has 3 atom stereocenters. The Hall–Kier alpha value is -2.98. The van der Waals surface area contributed by atoms with Gasteiger partial charge in [-0.1, -0.05) is 182 Å². The second kappa shape index (κ2) is 19.4. The van der Waals surface area contributed by atoms with Crippen LogP contribution < -0.4 is 0 Å². The van der Waals surface area contributed by atoms with Gasteiger partial charge in [-0.05, 0) is 158 Å². The van der Waals surface area contributed by atoms with Gasteiger partial charge in [0, 0.05) is 0 Å². The van der Waals surface area contributed by atoms with Crippen LogP contribution >= 0.6 is 0 Å². The van der Waals surface area contributed by atoms with E-state index in [1.165, 1.54) is 16.7 Å². The molecule has 0 heterocycles. The van der Waals surface area contributed by atoms with Gasteiger partial charge in [0.25, 0.3) is 0 Å². The molecular formula is C57H93NO3. The number of rotatable bonds is 15. The number of nitrogens with zero attached hydrogens (tertiary/aromatic N) is 1. The maximum atomic E-state index is 11.6. The molecule has 0 saturated heterocycles. The monoisotopic (exact) mass is 840 g/mol. The first-order chi connectivity index (χ1) is 27.7. The molecule has 3 rings (SSSR count). The number of aromatic hydroxyl groups is 3. The van der Waals surface area contributed by atoms with Crippen LogP contribution in [0.15, 0.2) is 36.4 Å². The standard InChI is InChI=1S/C57H93NO3/c1-22-37(40-31-43(52(4,5)6)49(59)44(32-40)53(7,8)9)25-28-58(29-26-38(23-2)41-33-45(54(10,11)12)50(60)46(34-41)55(13,14)15)30-27-39(24-3)42-35-47(56(16,17)18)51(61)48(36-42)57(19,20)21/h31-39,59-61H,22-30H2,1-21H3. The van der Waals surface area contributed by atoms with Gasteiger partial charge in [0.2, 0.25) is 0 Å². The summed E-state index contributed by atoms with van der Waals surface area (Å²) in [7, 11) is 0. The van der Waals surface area contributed by atoms with Crippen LogP contribution in [0.3, 0.4) is 0 Å². The molecule has 0 radical (unpaired) electrons. The fraction of sp³-hybridized carbons (Fsp3) is 0.684. The summed E-state index contributed by atoms with van der Waals surface area (Å²) in [6.45, 7) is 49.7. The van der Waals surface area contributed by atoms with Crippen LogP contribution in [0.4, 0.5) is 0 Å². The van der Waals surface area contributed by atoms with E-state index in [2.05, 4.69) is 187 Å². The highest BCUT2D eigenvalue weighted by Crippen LogP contribution is 2.45. The summed E-state index contributed by atoms with van der Waals surface area (Å²) in [6, 6.07) is 13.8. The molecule has 3 N–H and O–H groups in total. The topological polar surface area (TPSA) is 63.9 Å². The maximum Gasteiger partial charge on any atom is 0.123 e. The minimum Gasteiger partial charge on any atom is -0.507 e. The molecule has 4 nitrogen and oxygen atoms in total. The first-order valence-corrected chi connectivity index (χ1v) is 24.0. The first-order valence-electron chi connectivity index (χ1n) is 24.0. The lowest BCUT2D eigenvalue weighted by molar-refractivity contribution is 0.240. The third-order valence-corrected chi connectivity index (χ3v) is 13.5. The van der Waals surface area contributed by atoms with E-state index in [1.54, 1.807) is 0 Å². The molecule has 0 bridgehead atoms. The molecule has 0 saturated carbocycles. The highest BCUT2D eigenvalue weighted by Gasteiger charge is 2.32. The minimum atomic E-state index is -0.170. The fourth-order valence-electron chi connectivity index (χ4n) is 9.28. The molecule has 0 aliphatic heterocycles. The minimum absolute atomic E-state index is 0.170. The summed E-state index contributed by atoms with van der Waals surface area (Å²) in [4.78, 5) is 2.75. The molecule has 3 unspecified atom stereocenters. The number of phenolic OH excluding ortho intramolecular Hbond substituents is 3. The van der Waals surface area contributed by atoms with Gasteiger partial charge in [-0.15, -0.1) is 0 Å². The number of hydrogen-bond acceptors (Lipinski definition) is 4. The molecule has 3 aromatic carbocycles. The van der Waals surface area contributed by atoms with Crippen molar-refractivity contribution in [2.24, 2.45) is 0 Å². The lowest BCUT2D eigenvalue weighted by atomic mass is 9.76. The van der Waals surface area contributed by atoms with Crippen molar-refractivity contribution in [3.8, 4) is 17.2 Å². The third kappa shape index (κ3) is 13.3. The fourth-order valence-corrected chi connectivity index (χ4v) is 9.28. The Balaban J connectivity index is 2.11. The summed E-state index contributed by atoms with van der Waals surface area (Å²) in [5.41, 5.74) is 9.25. The first kappa shape index (κ1) is 52.4. The van der Waals surface area contributed by atoms with Crippen molar-refractivity contribution in [2.45, 2.75) is 234 Å². The highest BCUT2D eigenvalue weighted by molar-refractivity contribution is 5.53. The molecule has 344 valence electrons. The number of hydrogen-bond donors (Lipinski definition) is 3. The largest absolute Gasteiger partial charge is 0.507 e. The molecular weight excluding hydrogens is 747 g/mol. The molecule has 61 heavy (non-hydrogen) atoms. The Morgan fingerprint density at radius 2 is 0.508 bits per heavy atom. The van der Waals surface area contributed by atoms with Crippen molar-refractivity contribution < 1.29 is 15.3 Å². The zero-order valence-electron chi connectivity index (χ0n) is 43.3. The van der Waals surface area contributed by atoms with Crippen LogP contribution in [-0.2, 0) is 32.5 Å². The van der Waals surface area contributed by atoms with Gasteiger partial charge in [0.1, 0.15) is 17.2 Å². The quantitative estimate of drug-likeness (QED) is 0.143. The molecule has 0 amide bonds. The smallest absolute Gasteiger partial charge is 0.123 e. The predicted octanol–water partition coefficient (Wildman–Crippen LogP) is 15.9. The van der Waals surface area contributed by atoms with E-state index in [1.807, 2.05) is 0 Å². The van der Waals surface area contributed by atoms with Crippen LogP contribution in [0, 0.1) is 0 Å². The Labute approximate surface area is 376 Å². The van der Waals surface area contributed by atoms with Crippen molar-refractivity contribution in [3.05, 3.63) is 86.5 Å². The van der Waals surface area contributed by atoms with Crippen molar-refractivity contribution in [1.29, 1.82) is 0 Å². The van der Waals surface area contributed by atoms with E-state index in [0.717, 1.165) is 91.5 Å². The Morgan fingerprint density at radius 3 is 0.639 bits per heavy atom. The maximum absolute atomic E-state index is 11.6. The summed E-state index contributed by atoms with van der Waals surface area (Å²) >= 11 is 0. The van der Waals surface area contributed by atoms with E-state index in [0.29, 0.717) is 35.0 Å². The second-order valence-electron chi connectivity index (χ2n) is 24.9. The molecule has 0 aliphatic rings. The second-order valence-corrected chi connectivity index (χ2v) is 24.9. The van der Waals surface area contributed by atoms with Crippen molar-refractivity contribution in [2.75, 3.05) is 19.6 Å². The van der Waals surface area contributed by atoms with Crippen LogP contribution in [0.5, 0.6) is 17.2 Å². The van der Waals surface area contributed by atoms with Gasteiger partial charge in [0.05, 0.1) is 0 Å². The van der Waals surface area contributed by atoms with E-state index in [4.69, 9.17) is 0 Å². The normalized spacial score (nSPS) is 15.0. The molecule has 0 aromatic heterocycles. The predicted molar refractivity (Wildman–Crippen MR) is 266 cm³/mol. The Kier molecular flexibility index (Phi) is 16.7. The van der Waals surface area contributed by atoms with Crippen LogP contribution in [0.2, 0.25) is 0 Å². The van der Waals surface area contributed by atoms with Gasteiger partial charge in [-0.25, -0.2) is 0 Å². The van der Waals surface area contributed by atoms with E-state index < -0.39 is 0 Å². The third-order valence-electron chi connectivity index (χ3n) is 13.5.